The fraction of sp³-hybridized carbons (Fsp3) is 0.917. The SMILES string of the molecule is CC(C)C[C@H](CN)CC(=O)NCCOCCO. The molecule has 4 N–H and O–H groups in total. The summed E-state index contributed by atoms with van der Waals surface area (Å²) in [6.45, 7) is 6.05. The molecular formula is C12H26N2O3. The van der Waals surface area contributed by atoms with Crippen LogP contribution < -0.4 is 11.1 Å². The first-order valence-corrected chi connectivity index (χ1v) is 6.25. The van der Waals surface area contributed by atoms with Gasteiger partial charge in [0.05, 0.1) is 19.8 Å². The predicted octanol–water partition coefficient (Wildman–Crippen LogP) is 0.123. The highest BCUT2D eigenvalue weighted by atomic mass is 16.5. The van der Waals surface area contributed by atoms with Gasteiger partial charge in [-0.2, -0.15) is 0 Å². The summed E-state index contributed by atoms with van der Waals surface area (Å²) in [6, 6.07) is 0. The maximum Gasteiger partial charge on any atom is 0.220 e. The van der Waals surface area contributed by atoms with Crippen LogP contribution in [0, 0.1) is 11.8 Å². The van der Waals surface area contributed by atoms with E-state index in [9.17, 15) is 4.79 Å². The Hall–Kier alpha value is -0.650. The standard InChI is InChI=1S/C12H26N2O3/c1-10(2)7-11(9-13)8-12(16)14-3-5-17-6-4-15/h10-11,15H,3-9,13H2,1-2H3,(H,14,16)/t11-/m0/s1. The van der Waals surface area contributed by atoms with E-state index in [4.69, 9.17) is 15.6 Å². The number of rotatable bonds is 10. The van der Waals surface area contributed by atoms with Crippen LogP contribution in [0.1, 0.15) is 26.7 Å². The molecule has 0 aliphatic carbocycles. The molecule has 0 aliphatic rings. The van der Waals surface area contributed by atoms with Crippen LogP contribution in [-0.4, -0.2) is 43.9 Å². The monoisotopic (exact) mass is 246 g/mol. The van der Waals surface area contributed by atoms with E-state index in [2.05, 4.69) is 19.2 Å². The number of aliphatic hydroxyl groups is 1. The van der Waals surface area contributed by atoms with Crippen molar-refractivity contribution < 1.29 is 14.6 Å². The molecule has 0 rings (SSSR count). The molecule has 0 radical (unpaired) electrons. The van der Waals surface area contributed by atoms with Crippen LogP contribution in [0.5, 0.6) is 0 Å². The summed E-state index contributed by atoms with van der Waals surface area (Å²) < 4.78 is 5.04. The Balaban J connectivity index is 3.61. The van der Waals surface area contributed by atoms with Gasteiger partial charge in [-0.3, -0.25) is 4.79 Å². The van der Waals surface area contributed by atoms with Crippen LogP contribution in [-0.2, 0) is 9.53 Å². The first-order valence-electron chi connectivity index (χ1n) is 6.25. The summed E-state index contributed by atoms with van der Waals surface area (Å²) in [5.41, 5.74) is 5.63. The Kier molecular flexibility index (Phi) is 10.1. The Morgan fingerprint density at radius 3 is 2.65 bits per heavy atom. The minimum absolute atomic E-state index is 0.0115. The summed E-state index contributed by atoms with van der Waals surface area (Å²) in [5.74, 6) is 0.839. The largest absolute Gasteiger partial charge is 0.394 e. The highest BCUT2D eigenvalue weighted by molar-refractivity contribution is 5.76. The molecule has 0 unspecified atom stereocenters. The highest BCUT2D eigenvalue weighted by Crippen LogP contribution is 2.13. The molecule has 0 heterocycles. The number of carbonyl (C=O) groups excluding carboxylic acids is 1. The molecule has 1 amide bonds. The minimum Gasteiger partial charge on any atom is -0.394 e. The van der Waals surface area contributed by atoms with Gasteiger partial charge >= 0.3 is 0 Å². The van der Waals surface area contributed by atoms with Crippen molar-refractivity contribution in [3.05, 3.63) is 0 Å². The lowest BCUT2D eigenvalue weighted by Gasteiger charge is -2.16. The fourth-order valence-corrected chi connectivity index (χ4v) is 1.69. The lowest BCUT2D eigenvalue weighted by atomic mass is 9.94. The van der Waals surface area contributed by atoms with Gasteiger partial charge < -0.3 is 20.9 Å². The number of aliphatic hydroxyl groups excluding tert-OH is 1. The number of carbonyl (C=O) groups is 1. The number of nitrogens with two attached hydrogens (primary N) is 1. The maximum absolute atomic E-state index is 11.6. The average Bonchev–Trinajstić information content (AvgIpc) is 2.27. The van der Waals surface area contributed by atoms with Gasteiger partial charge in [0.2, 0.25) is 5.91 Å². The van der Waals surface area contributed by atoms with Crippen LogP contribution in [0.25, 0.3) is 0 Å². The van der Waals surface area contributed by atoms with Crippen LogP contribution >= 0.6 is 0 Å². The van der Waals surface area contributed by atoms with Crippen molar-refractivity contribution in [2.75, 3.05) is 32.9 Å². The number of nitrogens with one attached hydrogen (secondary N) is 1. The average molecular weight is 246 g/mol. The molecular weight excluding hydrogens is 220 g/mol. The number of hydrogen-bond acceptors (Lipinski definition) is 4. The first kappa shape index (κ1) is 16.4. The second-order valence-corrected chi connectivity index (χ2v) is 4.62. The van der Waals surface area contributed by atoms with Crippen LogP contribution in [0.2, 0.25) is 0 Å². The normalized spacial score (nSPS) is 12.8. The molecule has 102 valence electrons. The predicted molar refractivity (Wildman–Crippen MR) is 67.5 cm³/mol. The van der Waals surface area contributed by atoms with Gasteiger partial charge in [-0.15, -0.1) is 0 Å². The van der Waals surface area contributed by atoms with E-state index < -0.39 is 0 Å². The second-order valence-electron chi connectivity index (χ2n) is 4.62. The van der Waals surface area contributed by atoms with Crippen LogP contribution in [0.4, 0.5) is 0 Å². The van der Waals surface area contributed by atoms with Gasteiger partial charge in [0.1, 0.15) is 0 Å². The van der Waals surface area contributed by atoms with Gasteiger partial charge in [-0.1, -0.05) is 13.8 Å². The zero-order chi connectivity index (χ0) is 13.1. The maximum atomic E-state index is 11.6. The van der Waals surface area contributed by atoms with E-state index in [0.717, 1.165) is 6.42 Å². The molecule has 5 heteroatoms. The number of hydrogen-bond donors (Lipinski definition) is 3. The fourth-order valence-electron chi connectivity index (χ4n) is 1.69. The van der Waals surface area contributed by atoms with E-state index in [0.29, 0.717) is 38.6 Å². The zero-order valence-corrected chi connectivity index (χ0v) is 10.9. The van der Waals surface area contributed by atoms with Gasteiger partial charge in [0.25, 0.3) is 0 Å². The van der Waals surface area contributed by atoms with Crippen molar-refractivity contribution in [3.63, 3.8) is 0 Å². The third-order valence-electron chi connectivity index (χ3n) is 2.42. The topological polar surface area (TPSA) is 84.6 Å². The molecule has 0 aromatic rings. The van der Waals surface area contributed by atoms with Gasteiger partial charge in [-0.05, 0) is 24.8 Å². The Bertz CT molecular complexity index is 198. The van der Waals surface area contributed by atoms with E-state index >= 15 is 0 Å². The summed E-state index contributed by atoms with van der Waals surface area (Å²) >= 11 is 0. The summed E-state index contributed by atoms with van der Waals surface area (Å²) in [5, 5.41) is 11.3. The summed E-state index contributed by atoms with van der Waals surface area (Å²) in [4.78, 5) is 11.6. The van der Waals surface area contributed by atoms with E-state index in [1.807, 2.05) is 0 Å². The smallest absolute Gasteiger partial charge is 0.220 e. The number of ether oxygens (including phenoxy) is 1. The third kappa shape index (κ3) is 10.2. The Morgan fingerprint density at radius 1 is 1.41 bits per heavy atom. The van der Waals surface area contributed by atoms with Crippen molar-refractivity contribution in [1.29, 1.82) is 0 Å². The number of amides is 1. The molecule has 0 fully saturated rings. The molecule has 0 saturated heterocycles. The third-order valence-corrected chi connectivity index (χ3v) is 2.42. The first-order chi connectivity index (χ1) is 8.10. The van der Waals surface area contributed by atoms with Crippen LogP contribution in [0.15, 0.2) is 0 Å². The summed E-state index contributed by atoms with van der Waals surface area (Å²) in [6.07, 6.45) is 1.46. The van der Waals surface area contributed by atoms with E-state index in [-0.39, 0.29) is 18.4 Å². The lowest BCUT2D eigenvalue weighted by Crippen LogP contribution is -2.31. The van der Waals surface area contributed by atoms with Crippen molar-refractivity contribution in [2.45, 2.75) is 26.7 Å². The highest BCUT2D eigenvalue weighted by Gasteiger charge is 2.13. The molecule has 0 aliphatic heterocycles. The Labute approximate surface area is 104 Å². The molecule has 0 aromatic heterocycles. The second kappa shape index (κ2) is 10.5. The molecule has 17 heavy (non-hydrogen) atoms. The van der Waals surface area contributed by atoms with E-state index in [1.54, 1.807) is 0 Å². The molecule has 0 aromatic carbocycles. The van der Waals surface area contributed by atoms with Gasteiger partial charge in [0, 0.05) is 13.0 Å². The summed E-state index contributed by atoms with van der Waals surface area (Å²) in [7, 11) is 0. The minimum atomic E-state index is 0.0115. The molecule has 0 saturated carbocycles. The van der Waals surface area contributed by atoms with Crippen LogP contribution in [0.3, 0.4) is 0 Å². The zero-order valence-electron chi connectivity index (χ0n) is 10.9. The van der Waals surface area contributed by atoms with Gasteiger partial charge in [0.15, 0.2) is 0 Å². The molecule has 5 nitrogen and oxygen atoms in total. The van der Waals surface area contributed by atoms with Gasteiger partial charge in [-0.25, -0.2) is 0 Å². The van der Waals surface area contributed by atoms with Crippen molar-refractivity contribution >= 4 is 5.91 Å². The quantitative estimate of drug-likeness (QED) is 0.478. The Morgan fingerprint density at radius 2 is 2.12 bits per heavy atom. The molecule has 0 bridgehead atoms. The van der Waals surface area contributed by atoms with Crippen molar-refractivity contribution in [1.82, 2.24) is 5.32 Å². The molecule has 1 atom stereocenters. The molecule has 0 spiro atoms. The van der Waals surface area contributed by atoms with Crippen molar-refractivity contribution in [2.24, 2.45) is 17.6 Å². The van der Waals surface area contributed by atoms with E-state index in [1.165, 1.54) is 0 Å². The van der Waals surface area contributed by atoms with Crippen molar-refractivity contribution in [3.8, 4) is 0 Å². The lowest BCUT2D eigenvalue weighted by molar-refractivity contribution is -0.122.